The first-order valence-corrected chi connectivity index (χ1v) is 5.27. The SMILES string of the molecule is CC.OC[C@@]12CCCN1C[C@@H](F)C2. The zero-order chi connectivity index (χ0) is 9.90. The smallest absolute Gasteiger partial charge is 0.115 e. The van der Waals surface area contributed by atoms with Crippen LogP contribution in [0.5, 0.6) is 0 Å². The Balaban J connectivity index is 0.000000396. The number of hydrogen-bond acceptors (Lipinski definition) is 2. The topological polar surface area (TPSA) is 23.5 Å². The summed E-state index contributed by atoms with van der Waals surface area (Å²) in [5.74, 6) is 0. The van der Waals surface area contributed by atoms with Gasteiger partial charge in [0.05, 0.1) is 6.61 Å². The molecule has 2 aliphatic heterocycles. The van der Waals surface area contributed by atoms with Gasteiger partial charge in [-0.25, -0.2) is 4.39 Å². The lowest BCUT2D eigenvalue weighted by Gasteiger charge is -2.28. The van der Waals surface area contributed by atoms with Crippen molar-refractivity contribution in [1.29, 1.82) is 0 Å². The first kappa shape index (κ1) is 10.9. The summed E-state index contributed by atoms with van der Waals surface area (Å²) in [6.45, 7) is 5.65. The highest BCUT2D eigenvalue weighted by Gasteiger charge is 2.47. The van der Waals surface area contributed by atoms with Gasteiger partial charge in [0.25, 0.3) is 0 Å². The van der Waals surface area contributed by atoms with E-state index in [1.807, 2.05) is 13.8 Å². The number of nitrogens with zero attached hydrogens (tertiary/aromatic N) is 1. The van der Waals surface area contributed by atoms with Crippen molar-refractivity contribution in [1.82, 2.24) is 4.90 Å². The van der Waals surface area contributed by atoms with Crippen LogP contribution >= 0.6 is 0 Å². The molecule has 2 fully saturated rings. The average Bonchev–Trinajstić information content (AvgIpc) is 2.64. The van der Waals surface area contributed by atoms with Crippen LogP contribution in [0.4, 0.5) is 4.39 Å². The van der Waals surface area contributed by atoms with Crippen LogP contribution in [0.25, 0.3) is 0 Å². The van der Waals surface area contributed by atoms with Crippen LogP contribution in [0, 0.1) is 0 Å². The van der Waals surface area contributed by atoms with E-state index >= 15 is 0 Å². The van der Waals surface area contributed by atoms with E-state index in [9.17, 15) is 4.39 Å². The highest BCUT2D eigenvalue weighted by molar-refractivity contribution is 5.03. The third-order valence-electron chi connectivity index (χ3n) is 3.06. The number of hydrogen-bond donors (Lipinski definition) is 1. The molecule has 1 N–H and O–H groups in total. The van der Waals surface area contributed by atoms with E-state index in [0.717, 1.165) is 19.4 Å². The second-order valence-electron chi connectivity index (χ2n) is 3.73. The fraction of sp³-hybridized carbons (Fsp3) is 1.00. The molecule has 0 unspecified atom stereocenters. The number of halogens is 1. The van der Waals surface area contributed by atoms with Crippen molar-refractivity contribution >= 4 is 0 Å². The van der Waals surface area contributed by atoms with Crippen LogP contribution in [0.2, 0.25) is 0 Å². The Morgan fingerprint density at radius 3 is 2.77 bits per heavy atom. The molecule has 0 aromatic rings. The van der Waals surface area contributed by atoms with Gasteiger partial charge in [-0.3, -0.25) is 4.90 Å². The van der Waals surface area contributed by atoms with Crippen LogP contribution in [0.15, 0.2) is 0 Å². The molecule has 0 amide bonds. The first-order valence-electron chi connectivity index (χ1n) is 5.27. The average molecular weight is 189 g/mol. The molecule has 0 aromatic heterocycles. The minimum atomic E-state index is -0.706. The highest BCUT2D eigenvalue weighted by atomic mass is 19.1. The standard InChI is InChI=1S/C8H14FNO.C2H6/c9-7-4-8(6-11)2-1-3-10(8)5-7;1-2/h7,11H,1-6H2;1-2H3/t7-,8-;/m0./s1. The molecule has 2 rings (SSSR count). The Bertz CT molecular complexity index is 165. The predicted molar refractivity (Wildman–Crippen MR) is 51.5 cm³/mol. The molecule has 0 bridgehead atoms. The van der Waals surface area contributed by atoms with E-state index in [4.69, 9.17) is 5.11 Å². The summed E-state index contributed by atoms with van der Waals surface area (Å²) in [5, 5.41) is 9.14. The molecule has 2 aliphatic rings. The van der Waals surface area contributed by atoms with Gasteiger partial charge in [-0.2, -0.15) is 0 Å². The van der Waals surface area contributed by atoms with Crippen molar-refractivity contribution < 1.29 is 9.50 Å². The van der Waals surface area contributed by atoms with Gasteiger partial charge in [0.2, 0.25) is 0 Å². The number of aliphatic hydroxyl groups excluding tert-OH is 1. The highest BCUT2D eigenvalue weighted by Crippen LogP contribution is 2.39. The zero-order valence-electron chi connectivity index (χ0n) is 8.59. The monoisotopic (exact) mass is 189 g/mol. The van der Waals surface area contributed by atoms with Gasteiger partial charge in [0.15, 0.2) is 0 Å². The van der Waals surface area contributed by atoms with E-state index in [2.05, 4.69) is 4.90 Å². The normalized spacial score (nSPS) is 38.3. The summed E-state index contributed by atoms with van der Waals surface area (Å²) in [6, 6.07) is 0. The molecular weight excluding hydrogens is 169 g/mol. The molecule has 0 spiro atoms. The molecule has 78 valence electrons. The molecule has 0 saturated carbocycles. The molecule has 2 saturated heterocycles. The molecule has 0 aliphatic carbocycles. The Morgan fingerprint density at radius 2 is 2.23 bits per heavy atom. The van der Waals surface area contributed by atoms with Gasteiger partial charge < -0.3 is 5.11 Å². The zero-order valence-corrected chi connectivity index (χ0v) is 8.59. The third kappa shape index (κ3) is 1.86. The summed E-state index contributed by atoms with van der Waals surface area (Å²) in [4.78, 5) is 2.11. The van der Waals surface area contributed by atoms with E-state index in [1.165, 1.54) is 0 Å². The van der Waals surface area contributed by atoms with Crippen LogP contribution in [-0.2, 0) is 0 Å². The van der Waals surface area contributed by atoms with Crippen LogP contribution < -0.4 is 0 Å². The van der Waals surface area contributed by atoms with Crippen molar-refractivity contribution in [2.45, 2.75) is 44.8 Å². The Hall–Kier alpha value is -0.150. The van der Waals surface area contributed by atoms with E-state index in [-0.39, 0.29) is 12.1 Å². The minimum Gasteiger partial charge on any atom is -0.394 e. The van der Waals surface area contributed by atoms with Gasteiger partial charge in [-0.1, -0.05) is 13.8 Å². The lowest BCUT2D eigenvalue weighted by Crippen LogP contribution is -2.41. The molecule has 0 aromatic carbocycles. The maximum absolute atomic E-state index is 12.9. The minimum absolute atomic E-state index is 0.132. The number of aliphatic hydroxyl groups is 1. The number of fused-ring (bicyclic) bond motifs is 1. The predicted octanol–water partition coefficient (Wildman–Crippen LogP) is 1.58. The van der Waals surface area contributed by atoms with E-state index in [0.29, 0.717) is 13.0 Å². The molecule has 13 heavy (non-hydrogen) atoms. The van der Waals surface area contributed by atoms with Crippen LogP contribution in [0.1, 0.15) is 33.1 Å². The van der Waals surface area contributed by atoms with Gasteiger partial charge in [0, 0.05) is 18.5 Å². The van der Waals surface area contributed by atoms with Crippen LogP contribution in [0.3, 0.4) is 0 Å². The summed E-state index contributed by atoms with van der Waals surface area (Å²) >= 11 is 0. The van der Waals surface area contributed by atoms with Crippen molar-refractivity contribution in [3.63, 3.8) is 0 Å². The van der Waals surface area contributed by atoms with Gasteiger partial charge in [0.1, 0.15) is 6.17 Å². The van der Waals surface area contributed by atoms with E-state index in [1.54, 1.807) is 0 Å². The molecule has 2 atom stereocenters. The molecule has 2 heterocycles. The maximum Gasteiger partial charge on any atom is 0.115 e. The largest absolute Gasteiger partial charge is 0.394 e. The molecule has 3 heteroatoms. The van der Waals surface area contributed by atoms with Crippen molar-refractivity contribution in [3.05, 3.63) is 0 Å². The number of rotatable bonds is 1. The summed E-state index contributed by atoms with van der Waals surface area (Å²) < 4.78 is 12.9. The fourth-order valence-corrected chi connectivity index (χ4v) is 2.47. The van der Waals surface area contributed by atoms with Crippen molar-refractivity contribution in [2.75, 3.05) is 19.7 Å². The van der Waals surface area contributed by atoms with Gasteiger partial charge in [-0.15, -0.1) is 0 Å². The summed E-state index contributed by atoms with van der Waals surface area (Å²) in [6.07, 6.45) is 1.93. The summed E-state index contributed by atoms with van der Waals surface area (Å²) in [5.41, 5.74) is -0.167. The Morgan fingerprint density at radius 1 is 1.54 bits per heavy atom. The second-order valence-corrected chi connectivity index (χ2v) is 3.73. The number of alkyl halides is 1. The van der Waals surface area contributed by atoms with Gasteiger partial charge in [-0.05, 0) is 19.4 Å². The fourth-order valence-electron chi connectivity index (χ4n) is 2.47. The quantitative estimate of drug-likeness (QED) is 0.677. The maximum atomic E-state index is 12.9. The van der Waals surface area contributed by atoms with Crippen LogP contribution in [-0.4, -0.2) is 41.4 Å². The molecule has 2 nitrogen and oxygen atoms in total. The lowest BCUT2D eigenvalue weighted by atomic mass is 9.95. The van der Waals surface area contributed by atoms with E-state index < -0.39 is 6.17 Å². The molecule has 0 radical (unpaired) electrons. The van der Waals surface area contributed by atoms with Gasteiger partial charge >= 0.3 is 0 Å². The molecular formula is C10H20FNO. The van der Waals surface area contributed by atoms with Crippen molar-refractivity contribution in [2.24, 2.45) is 0 Å². The Kier molecular flexibility index (Phi) is 3.68. The van der Waals surface area contributed by atoms with Crippen molar-refractivity contribution in [3.8, 4) is 0 Å². The lowest BCUT2D eigenvalue weighted by molar-refractivity contribution is 0.0996. The second kappa shape index (κ2) is 4.38. The Labute approximate surface area is 79.7 Å². The first-order chi connectivity index (χ1) is 6.27. The third-order valence-corrected chi connectivity index (χ3v) is 3.06. The summed E-state index contributed by atoms with van der Waals surface area (Å²) in [7, 11) is 0.